The van der Waals surface area contributed by atoms with Crippen molar-refractivity contribution in [3.05, 3.63) is 57.2 Å². The number of carbonyl (C=O) groups is 1. The van der Waals surface area contributed by atoms with E-state index in [-0.39, 0.29) is 18.3 Å². The molecule has 0 fully saturated rings. The zero-order valence-corrected chi connectivity index (χ0v) is 16.3. The molecule has 0 spiro atoms. The van der Waals surface area contributed by atoms with E-state index in [9.17, 15) is 15.0 Å². The van der Waals surface area contributed by atoms with E-state index < -0.39 is 12.2 Å². The van der Waals surface area contributed by atoms with Crippen LogP contribution in [-0.2, 0) is 4.74 Å². The molecule has 0 aliphatic heterocycles. The number of nitrogens with zero attached hydrogens (tertiary/aromatic N) is 1. The molecule has 0 saturated heterocycles. The van der Waals surface area contributed by atoms with Crippen molar-refractivity contribution in [2.45, 2.75) is 19.4 Å². The number of hydrogen-bond acceptors (Lipinski definition) is 5. The van der Waals surface area contributed by atoms with Gasteiger partial charge in [-0.15, -0.1) is 0 Å². The van der Waals surface area contributed by atoms with Crippen LogP contribution in [0.4, 0.5) is 10.5 Å². The van der Waals surface area contributed by atoms with Crippen LogP contribution in [0.3, 0.4) is 0 Å². The van der Waals surface area contributed by atoms with Crippen molar-refractivity contribution in [2.24, 2.45) is 5.92 Å². The van der Waals surface area contributed by atoms with Crippen molar-refractivity contribution in [1.29, 1.82) is 5.26 Å². The summed E-state index contributed by atoms with van der Waals surface area (Å²) in [7, 11) is 0. The summed E-state index contributed by atoms with van der Waals surface area (Å²) in [5, 5.41) is 30.8. The highest BCUT2D eigenvalue weighted by Gasteiger charge is 2.26. The smallest absolute Gasteiger partial charge is 0.412 e. The van der Waals surface area contributed by atoms with E-state index >= 15 is 0 Å². The molecule has 6 nitrogen and oxygen atoms in total. The summed E-state index contributed by atoms with van der Waals surface area (Å²) >= 11 is 2.12. The lowest BCUT2D eigenvalue weighted by atomic mass is 9.94. The Kier molecular flexibility index (Phi) is 7.24. The van der Waals surface area contributed by atoms with Crippen LogP contribution in [0.5, 0.6) is 5.75 Å². The van der Waals surface area contributed by atoms with Gasteiger partial charge in [-0.3, -0.25) is 5.32 Å². The molecule has 2 rings (SSSR count). The van der Waals surface area contributed by atoms with Gasteiger partial charge in [0.15, 0.2) is 0 Å². The highest BCUT2D eigenvalue weighted by Crippen LogP contribution is 2.35. The number of ether oxygens (including phenoxy) is 1. The number of aliphatic hydroxyl groups is 1. The summed E-state index contributed by atoms with van der Waals surface area (Å²) < 4.78 is 6.45. The van der Waals surface area contributed by atoms with Crippen molar-refractivity contribution in [2.75, 3.05) is 11.9 Å². The lowest BCUT2D eigenvalue weighted by Crippen LogP contribution is -2.22. The van der Waals surface area contributed by atoms with Crippen molar-refractivity contribution in [3.8, 4) is 11.8 Å². The number of aliphatic hydroxyl groups excluding tert-OH is 1. The van der Waals surface area contributed by atoms with E-state index in [1.54, 1.807) is 42.5 Å². The molecular weight excluding hydrogens is 447 g/mol. The SMILES string of the molecule is C[C@@H](CCO)[C@H](OC(=O)Nc1ccc(C#N)cc1)c1cc(I)ccc1O. The first kappa shape index (κ1) is 20.0. The van der Waals surface area contributed by atoms with Crippen LogP contribution in [0.25, 0.3) is 0 Å². The average molecular weight is 466 g/mol. The van der Waals surface area contributed by atoms with Gasteiger partial charge in [-0.2, -0.15) is 5.26 Å². The normalized spacial score (nSPS) is 12.7. The highest BCUT2D eigenvalue weighted by atomic mass is 127. The lowest BCUT2D eigenvalue weighted by Gasteiger charge is -2.25. The minimum absolute atomic E-state index is 0.0337. The molecule has 0 bridgehead atoms. The molecule has 0 heterocycles. The molecule has 0 aliphatic carbocycles. The van der Waals surface area contributed by atoms with Gasteiger partial charge < -0.3 is 14.9 Å². The lowest BCUT2D eigenvalue weighted by molar-refractivity contribution is 0.0652. The Balaban J connectivity index is 2.18. The van der Waals surface area contributed by atoms with Crippen LogP contribution in [0.2, 0.25) is 0 Å². The number of benzene rings is 2. The van der Waals surface area contributed by atoms with Crippen molar-refractivity contribution >= 4 is 34.4 Å². The third-order valence-electron chi connectivity index (χ3n) is 3.89. The molecule has 136 valence electrons. The van der Waals surface area contributed by atoms with Gasteiger partial charge in [0.05, 0.1) is 11.6 Å². The minimum atomic E-state index is -0.713. The number of phenols is 1. The van der Waals surface area contributed by atoms with Gasteiger partial charge in [0.1, 0.15) is 11.9 Å². The first-order valence-corrected chi connectivity index (χ1v) is 9.09. The first-order chi connectivity index (χ1) is 12.4. The molecular formula is C19H19IN2O4. The van der Waals surface area contributed by atoms with Crippen LogP contribution < -0.4 is 5.32 Å². The number of halogens is 1. The quantitative estimate of drug-likeness (QED) is 0.555. The Labute approximate surface area is 165 Å². The van der Waals surface area contributed by atoms with Gasteiger partial charge in [-0.05, 0) is 77.4 Å². The molecule has 2 aromatic carbocycles. The van der Waals surface area contributed by atoms with E-state index in [2.05, 4.69) is 27.9 Å². The Morgan fingerprint density at radius 3 is 2.62 bits per heavy atom. The van der Waals surface area contributed by atoms with Gasteiger partial charge >= 0.3 is 6.09 Å². The molecule has 0 saturated carbocycles. The first-order valence-electron chi connectivity index (χ1n) is 8.01. The van der Waals surface area contributed by atoms with Crippen molar-refractivity contribution in [1.82, 2.24) is 0 Å². The molecule has 1 amide bonds. The molecule has 0 aliphatic rings. The average Bonchev–Trinajstić information content (AvgIpc) is 2.62. The highest BCUT2D eigenvalue weighted by molar-refractivity contribution is 14.1. The zero-order chi connectivity index (χ0) is 19.1. The molecule has 0 aromatic heterocycles. The summed E-state index contributed by atoms with van der Waals surface area (Å²) in [5.41, 5.74) is 1.48. The summed E-state index contributed by atoms with van der Waals surface area (Å²) in [5.74, 6) is -0.165. The van der Waals surface area contributed by atoms with Crippen LogP contribution in [0, 0.1) is 20.8 Å². The third-order valence-corrected chi connectivity index (χ3v) is 4.56. The Bertz CT molecular complexity index is 802. The molecule has 7 heteroatoms. The number of aromatic hydroxyl groups is 1. The number of anilines is 1. The molecule has 3 N–H and O–H groups in total. The number of hydrogen-bond donors (Lipinski definition) is 3. The maximum atomic E-state index is 12.3. The van der Waals surface area contributed by atoms with E-state index in [0.29, 0.717) is 23.2 Å². The standard InChI is InChI=1S/C19H19IN2O4/c1-12(8-9-23)18(16-10-14(20)4-7-17(16)24)26-19(25)22-15-5-2-13(11-21)3-6-15/h2-7,10,12,18,23-24H,8-9H2,1H3,(H,22,25)/t12-,18-/m0/s1. The van der Waals surface area contributed by atoms with Crippen LogP contribution >= 0.6 is 22.6 Å². The molecule has 0 unspecified atom stereocenters. The van der Waals surface area contributed by atoms with E-state index in [1.165, 1.54) is 0 Å². The van der Waals surface area contributed by atoms with Gasteiger partial charge in [-0.1, -0.05) is 6.92 Å². The van der Waals surface area contributed by atoms with E-state index in [0.717, 1.165) is 3.57 Å². The second kappa shape index (κ2) is 9.40. The Morgan fingerprint density at radius 2 is 2.00 bits per heavy atom. The predicted octanol–water partition coefficient (Wildman–Crippen LogP) is 4.18. The summed E-state index contributed by atoms with van der Waals surface area (Å²) in [6, 6.07) is 13.5. The van der Waals surface area contributed by atoms with Crippen molar-refractivity contribution in [3.63, 3.8) is 0 Å². The fraction of sp³-hybridized carbons (Fsp3) is 0.263. The molecule has 0 radical (unpaired) electrons. The zero-order valence-electron chi connectivity index (χ0n) is 14.1. The third kappa shape index (κ3) is 5.34. The fourth-order valence-electron chi connectivity index (χ4n) is 2.49. The van der Waals surface area contributed by atoms with Gasteiger partial charge in [-0.25, -0.2) is 4.79 Å². The molecule has 26 heavy (non-hydrogen) atoms. The number of nitriles is 1. The summed E-state index contributed by atoms with van der Waals surface area (Å²) in [6.45, 7) is 1.79. The largest absolute Gasteiger partial charge is 0.508 e. The topological polar surface area (TPSA) is 103 Å². The van der Waals surface area contributed by atoms with Crippen LogP contribution in [0.15, 0.2) is 42.5 Å². The number of amides is 1. The van der Waals surface area contributed by atoms with E-state index in [4.69, 9.17) is 10.00 Å². The second-order valence-corrected chi connectivity index (χ2v) is 7.08. The summed E-state index contributed by atoms with van der Waals surface area (Å²) in [4.78, 5) is 12.3. The number of carbonyl (C=O) groups excluding carboxylic acids is 1. The van der Waals surface area contributed by atoms with Crippen LogP contribution in [0.1, 0.15) is 30.6 Å². The van der Waals surface area contributed by atoms with Gasteiger partial charge in [0, 0.05) is 21.4 Å². The maximum absolute atomic E-state index is 12.3. The second-order valence-electron chi connectivity index (χ2n) is 5.83. The van der Waals surface area contributed by atoms with Crippen molar-refractivity contribution < 1.29 is 19.7 Å². The monoisotopic (exact) mass is 466 g/mol. The van der Waals surface area contributed by atoms with Gasteiger partial charge in [0.2, 0.25) is 0 Å². The molecule has 2 aromatic rings. The fourth-order valence-corrected chi connectivity index (χ4v) is 3.00. The summed E-state index contributed by atoms with van der Waals surface area (Å²) in [6.07, 6.45) is -0.974. The Morgan fingerprint density at radius 1 is 1.31 bits per heavy atom. The van der Waals surface area contributed by atoms with Gasteiger partial charge in [0.25, 0.3) is 0 Å². The predicted molar refractivity (Wildman–Crippen MR) is 106 cm³/mol. The number of rotatable bonds is 6. The van der Waals surface area contributed by atoms with Crippen LogP contribution in [-0.4, -0.2) is 22.9 Å². The minimum Gasteiger partial charge on any atom is -0.508 e. The molecule has 2 atom stereocenters. The number of nitrogens with one attached hydrogen (secondary N) is 1. The Hall–Kier alpha value is -2.31. The van der Waals surface area contributed by atoms with E-state index in [1.807, 2.05) is 13.0 Å². The number of phenolic OH excluding ortho intramolecular Hbond substituents is 1. The maximum Gasteiger partial charge on any atom is 0.412 e.